The molecule has 3 aliphatic rings. The van der Waals surface area contributed by atoms with E-state index in [0.29, 0.717) is 12.7 Å². The van der Waals surface area contributed by atoms with Gasteiger partial charge in [0.05, 0.1) is 24.4 Å². The highest BCUT2D eigenvalue weighted by molar-refractivity contribution is 5.92. The Labute approximate surface area is 133 Å². The zero-order valence-corrected chi connectivity index (χ0v) is 12.7. The van der Waals surface area contributed by atoms with Crippen molar-refractivity contribution in [2.24, 2.45) is 5.92 Å². The molecule has 0 bridgehead atoms. The topological polar surface area (TPSA) is 54.5 Å². The molecule has 124 valence electrons. The number of fused-ring (bicyclic) bond motifs is 1. The van der Waals surface area contributed by atoms with Gasteiger partial charge in [-0.15, -0.1) is 0 Å². The summed E-state index contributed by atoms with van der Waals surface area (Å²) in [5.41, 5.74) is -0.353. The van der Waals surface area contributed by atoms with Crippen LogP contribution in [0.25, 0.3) is 0 Å². The first-order valence-electron chi connectivity index (χ1n) is 8.13. The molecule has 0 radical (unpaired) electrons. The maximum Gasteiger partial charge on any atom is 0.273 e. The number of hydrogen-bond donors (Lipinski definition) is 1. The van der Waals surface area contributed by atoms with Gasteiger partial charge in [0, 0.05) is 18.6 Å². The van der Waals surface area contributed by atoms with Crippen molar-refractivity contribution in [1.29, 1.82) is 0 Å². The molecule has 0 aromatic carbocycles. The van der Waals surface area contributed by atoms with Crippen LogP contribution >= 0.6 is 0 Å². The Kier molecular flexibility index (Phi) is 3.77. The zero-order chi connectivity index (χ0) is 16.0. The van der Waals surface area contributed by atoms with E-state index in [-0.39, 0.29) is 29.8 Å². The molecule has 1 N–H and O–H groups in total. The Bertz CT molecular complexity index is 617. The summed E-state index contributed by atoms with van der Waals surface area (Å²) in [7, 11) is 0. The maximum absolute atomic E-state index is 13.7. The number of rotatable bonds is 3. The molecule has 1 aromatic heterocycles. The van der Waals surface area contributed by atoms with Crippen molar-refractivity contribution in [3.05, 3.63) is 29.6 Å². The summed E-state index contributed by atoms with van der Waals surface area (Å²) in [5, 5.41) is 2.91. The largest absolute Gasteiger partial charge is 0.376 e. The second-order valence-corrected chi connectivity index (χ2v) is 6.50. The summed E-state index contributed by atoms with van der Waals surface area (Å²) in [6.45, 7) is 2.72. The van der Waals surface area contributed by atoms with Crippen LogP contribution in [0.15, 0.2) is 12.3 Å². The standard InChI is InChI=1S/C16H19F2N3O2/c17-9-7-11(18)13(19-8-9)16(22)20-12-10-3-6-23-15(10)14(12)21-4-1-2-5-21/h7-8,10,12,14-15H,1-6H2,(H,20,22)/t10-,12+,14-,15-/m1/s1. The number of pyridine rings is 1. The molecule has 1 saturated carbocycles. The van der Waals surface area contributed by atoms with E-state index in [1.807, 2.05) is 0 Å². The summed E-state index contributed by atoms with van der Waals surface area (Å²) in [6.07, 6.45) is 4.23. The lowest BCUT2D eigenvalue weighted by Gasteiger charge is -2.51. The van der Waals surface area contributed by atoms with E-state index in [9.17, 15) is 13.6 Å². The molecule has 5 nitrogen and oxygen atoms in total. The summed E-state index contributed by atoms with van der Waals surface area (Å²) < 4.78 is 32.5. The molecule has 1 aromatic rings. The quantitative estimate of drug-likeness (QED) is 0.912. The van der Waals surface area contributed by atoms with E-state index in [2.05, 4.69) is 15.2 Å². The predicted molar refractivity (Wildman–Crippen MR) is 77.8 cm³/mol. The first kappa shape index (κ1) is 15.0. The minimum atomic E-state index is -0.932. The van der Waals surface area contributed by atoms with Gasteiger partial charge >= 0.3 is 0 Å². The number of halogens is 2. The SMILES string of the molecule is O=C(N[C@H]1[C@H]2CCO[C@H]2[C@@H]1N1CCCC1)c1ncc(F)cc1F. The first-order chi connectivity index (χ1) is 11.1. The third-order valence-corrected chi connectivity index (χ3v) is 5.23. The number of hydrogen-bond acceptors (Lipinski definition) is 4. The molecule has 2 saturated heterocycles. The Morgan fingerprint density at radius 3 is 2.87 bits per heavy atom. The fourth-order valence-corrected chi connectivity index (χ4v) is 4.14. The number of carbonyl (C=O) groups excluding carboxylic acids is 1. The van der Waals surface area contributed by atoms with Crippen molar-refractivity contribution in [1.82, 2.24) is 15.2 Å². The number of nitrogens with zero attached hydrogens (tertiary/aromatic N) is 2. The van der Waals surface area contributed by atoms with Gasteiger partial charge in [0.1, 0.15) is 5.82 Å². The lowest BCUT2D eigenvalue weighted by molar-refractivity contribution is -0.0748. The fraction of sp³-hybridized carbons (Fsp3) is 0.625. The molecule has 3 heterocycles. The average Bonchev–Trinajstić information content (AvgIpc) is 3.15. The average molecular weight is 323 g/mol. The molecule has 7 heteroatoms. The highest BCUT2D eigenvalue weighted by atomic mass is 19.1. The van der Waals surface area contributed by atoms with Gasteiger partial charge in [0.25, 0.3) is 5.91 Å². The number of carbonyl (C=O) groups is 1. The van der Waals surface area contributed by atoms with E-state index in [1.54, 1.807) is 0 Å². The molecule has 1 aliphatic carbocycles. The number of amides is 1. The van der Waals surface area contributed by atoms with E-state index in [4.69, 9.17) is 4.74 Å². The molecule has 2 aliphatic heterocycles. The van der Waals surface area contributed by atoms with Crippen molar-refractivity contribution in [3.63, 3.8) is 0 Å². The third kappa shape index (κ3) is 2.52. The summed E-state index contributed by atoms with van der Waals surface area (Å²) >= 11 is 0. The van der Waals surface area contributed by atoms with Crippen LogP contribution in [0.2, 0.25) is 0 Å². The van der Waals surface area contributed by atoms with Crippen LogP contribution in [-0.4, -0.2) is 53.7 Å². The molecular weight excluding hydrogens is 304 g/mol. The molecule has 0 unspecified atom stereocenters. The van der Waals surface area contributed by atoms with Crippen LogP contribution in [0, 0.1) is 17.6 Å². The van der Waals surface area contributed by atoms with Crippen LogP contribution in [-0.2, 0) is 4.74 Å². The smallest absolute Gasteiger partial charge is 0.273 e. The number of ether oxygens (including phenoxy) is 1. The maximum atomic E-state index is 13.7. The highest BCUT2D eigenvalue weighted by Gasteiger charge is 2.56. The molecule has 1 amide bonds. The predicted octanol–water partition coefficient (Wildman–Crippen LogP) is 1.34. The number of aromatic nitrogens is 1. The van der Waals surface area contributed by atoms with Crippen molar-refractivity contribution >= 4 is 5.91 Å². The Balaban J connectivity index is 1.51. The monoisotopic (exact) mass is 323 g/mol. The van der Waals surface area contributed by atoms with Gasteiger partial charge in [-0.1, -0.05) is 0 Å². The zero-order valence-electron chi connectivity index (χ0n) is 12.7. The lowest BCUT2D eigenvalue weighted by atomic mass is 9.70. The van der Waals surface area contributed by atoms with Crippen LogP contribution in [0.4, 0.5) is 8.78 Å². The highest BCUT2D eigenvalue weighted by Crippen LogP contribution is 2.42. The van der Waals surface area contributed by atoms with E-state index >= 15 is 0 Å². The Morgan fingerprint density at radius 1 is 1.35 bits per heavy atom. The molecule has 0 spiro atoms. The van der Waals surface area contributed by atoms with Gasteiger partial charge in [-0.3, -0.25) is 9.69 Å². The Hall–Kier alpha value is -1.60. The molecule has 4 atom stereocenters. The van der Waals surface area contributed by atoms with Gasteiger partial charge in [0.2, 0.25) is 0 Å². The van der Waals surface area contributed by atoms with Crippen LogP contribution < -0.4 is 5.32 Å². The van der Waals surface area contributed by atoms with E-state index in [0.717, 1.165) is 38.5 Å². The minimum absolute atomic E-state index is 0.0562. The van der Waals surface area contributed by atoms with Crippen LogP contribution in [0.5, 0.6) is 0 Å². The van der Waals surface area contributed by atoms with Crippen molar-refractivity contribution in [2.45, 2.75) is 37.5 Å². The third-order valence-electron chi connectivity index (χ3n) is 5.23. The Morgan fingerprint density at radius 2 is 2.13 bits per heavy atom. The number of likely N-dealkylation sites (tertiary alicyclic amines) is 1. The fourth-order valence-electron chi connectivity index (χ4n) is 4.14. The van der Waals surface area contributed by atoms with Gasteiger partial charge in [-0.2, -0.15) is 0 Å². The van der Waals surface area contributed by atoms with Gasteiger partial charge in [-0.25, -0.2) is 13.8 Å². The van der Waals surface area contributed by atoms with Crippen molar-refractivity contribution < 1.29 is 18.3 Å². The van der Waals surface area contributed by atoms with E-state index < -0.39 is 17.5 Å². The molecule has 4 rings (SSSR count). The lowest BCUT2D eigenvalue weighted by Crippen LogP contribution is -2.70. The number of nitrogens with one attached hydrogen (secondary N) is 1. The summed E-state index contributed by atoms with van der Waals surface area (Å²) in [6, 6.07) is 0.777. The van der Waals surface area contributed by atoms with Crippen LogP contribution in [0.1, 0.15) is 29.8 Å². The first-order valence-corrected chi connectivity index (χ1v) is 8.13. The van der Waals surface area contributed by atoms with Crippen molar-refractivity contribution in [2.75, 3.05) is 19.7 Å². The van der Waals surface area contributed by atoms with Gasteiger partial charge in [0.15, 0.2) is 11.5 Å². The normalized spacial score (nSPS) is 33.3. The van der Waals surface area contributed by atoms with Crippen LogP contribution in [0.3, 0.4) is 0 Å². The second kappa shape index (κ2) is 5.79. The van der Waals surface area contributed by atoms with Gasteiger partial charge < -0.3 is 10.1 Å². The second-order valence-electron chi connectivity index (χ2n) is 6.50. The summed E-state index contributed by atoms with van der Waals surface area (Å²) in [4.78, 5) is 18.3. The molecule has 3 fully saturated rings. The van der Waals surface area contributed by atoms with E-state index in [1.165, 1.54) is 0 Å². The minimum Gasteiger partial charge on any atom is -0.376 e. The van der Waals surface area contributed by atoms with Crippen molar-refractivity contribution in [3.8, 4) is 0 Å². The molecular formula is C16H19F2N3O2. The molecule has 23 heavy (non-hydrogen) atoms. The van der Waals surface area contributed by atoms with Gasteiger partial charge in [-0.05, 0) is 32.4 Å². The summed E-state index contributed by atoms with van der Waals surface area (Å²) in [5.74, 6) is -2.03.